The second kappa shape index (κ2) is 12.3. The standard InChI is InChI=1S/C30H41N3O4/c1-8-12-23(9-2)28(34)31-15-13-30(14-16-31)27-18-22(5)17-25(21-36-6)24(19-26(10-3)37-7)20-32(27)29(35)33(30)11-4/h8-10,12,18-19,22H,1-3,11,13-17,20-21H2,4-7H3/b23-12+,25-24+,26-19+,27-18-/t22-/m1/s1. The highest BCUT2D eigenvalue weighted by molar-refractivity contribution is 5.96. The van der Waals surface area contributed by atoms with E-state index < -0.39 is 5.54 Å². The Bertz CT molecular complexity index is 1060. The van der Waals surface area contributed by atoms with Crippen LogP contribution in [0.4, 0.5) is 4.79 Å². The molecule has 7 heteroatoms. The zero-order valence-electron chi connectivity index (χ0n) is 22.8. The molecular weight excluding hydrogens is 466 g/mol. The van der Waals surface area contributed by atoms with Gasteiger partial charge in [0.05, 0.1) is 25.8 Å². The van der Waals surface area contributed by atoms with E-state index in [9.17, 15) is 9.59 Å². The van der Waals surface area contributed by atoms with E-state index in [2.05, 4.69) is 32.7 Å². The zero-order valence-corrected chi connectivity index (χ0v) is 22.8. The fraction of sp³-hybridized carbons (Fsp3) is 0.467. The molecule has 3 rings (SSSR count). The van der Waals surface area contributed by atoms with Crippen LogP contribution in [-0.4, -0.2) is 79.2 Å². The van der Waals surface area contributed by atoms with Crippen LogP contribution in [-0.2, 0) is 14.3 Å². The number of hydrogen-bond donors (Lipinski definition) is 0. The molecule has 37 heavy (non-hydrogen) atoms. The fourth-order valence-corrected chi connectivity index (χ4v) is 5.78. The van der Waals surface area contributed by atoms with Crippen LogP contribution in [0, 0.1) is 5.92 Å². The van der Waals surface area contributed by atoms with Gasteiger partial charge >= 0.3 is 6.03 Å². The summed E-state index contributed by atoms with van der Waals surface area (Å²) in [4.78, 5) is 32.7. The van der Waals surface area contributed by atoms with E-state index >= 15 is 0 Å². The van der Waals surface area contributed by atoms with Gasteiger partial charge in [-0.1, -0.05) is 51.0 Å². The first-order valence-electron chi connectivity index (χ1n) is 12.9. The zero-order chi connectivity index (χ0) is 27.2. The van der Waals surface area contributed by atoms with Crippen molar-refractivity contribution < 1.29 is 19.1 Å². The molecule has 3 amide bonds. The predicted octanol–water partition coefficient (Wildman–Crippen LogP) is 4.99. The number of rotatable bonds is 9. The molecule has 0 aromatic rings. The molecule has 0 saturated carbocycles. The molecule has 0 aliphatic carbocycles. The average Bonchev–Trinajstić information content (AvgIpc) is 3.09. The molecular formula is C30H41N3O4. The van der Waals surface area contributed by atoms with Crippen molar-refractivity contribution in [2.75, 3.05) is 47.0 Å². The third-order valence-corrected chi connectivity index (χ3v) is 7.57. The molecule has 7 nitrogen and oxygen atoms in total. The molecule has 200 valence electrons. The van der Waals surface area contributed by atoms with Gasteiger partial charge in [0.1, 0.15) is 5.76 Å². The maximum Gasteiger partial charge on any atom is 0.325 e. The SMILES string of the molecule is C=C/C=C(\C=C)C(=O)N1CCC2(CC1)/C1=C/[C@H](C)C/C(COC)=C(/C=C(\C=C)OC)CN1C(=O)N2CC. The summed E-state index contributed by atoms with van der Waals surface area (Å²) in [6, 6.07) is 0.00111. The molecule has 0 radical (unpaired) electrons. The maximum absolute atomic E-state index is 13.9. The highest BCUT2D eigenvalue weighted by Crippen LogP contribution is 2.46. The Kier molecular flexibility index (Phi) is 9.38. The van der Waals surface area contributed by atoms with Crippen molar-refractivity contribution in [1.29, 1.82) is 0 Å². The van der Waals surface area contributed by atoms with Crippen molar-refractivity contribution >= 4 is 11.9 Å². The van der Waals surface area contributed by atoms with Gasteiger partial charge in [0, 0.05) is 38.0 Å². The van der Waals surface area contributed by atoms with Crippen molar-refractivity contribution in [1.82, 2.24) is 14.7 Å². The monoisotopic (exact) mass is 507 g/mol. The van der Waals surface area contributed by atoms with Crippen molar-refractivity contribution in [3.63, 3.8) is 0 Å². The summed E-state index contributed by atoms with van der Waals surface area (Å²) in [6.07, 6.45) is 13.0. The number of methoxy groups -OCH3 is 2. The molecule has 2 fully saturated rings. The Labute approximate surface area is 221 Å². The van der Waals surface area contributed by atoms with Crippen LogP contribution in [0.15, 0.2) is 84.4 Å². The van der Waals surface area contributed by atoms with Gasteiger partial charge in [0.15, 0.2) is 0 Å². The van der Waals surface area contributed by atoms with Crippen LogP contribution in [0.1, 0.15) is 33.1 Å². The summed E-state index contributed by atoms with van der Waals surface area (Å²) < 4.78 is 11.0. The van der Waals surface area contributed by atoms with E-state index in [-0.39, 0.29) is 17.9 Å². The molecule has 3 heterocycles. The van der Waals surface area contributed by atoms with Gasteiger partial charge in [-0.15, -0.1) is 0 Å². The molecule has 0 aromatic carbocycles. The minimum Gasteiger partial charge on any atom is -0.497 e. The van der Waals surface area contributed by atoms with E-state index in [0.717, 1.165) is 23.3 Å². The molecule has 2 saturated heterocycles. The molecule has 1 spiro atoms. The van der Waals surface area contributed by atoms with E-state index in [0.29, 0.717) is 57.0 Å². The van der Waals surface area contributed by atoms with Gasteiger partial charge in [-0.05, 0) is 55.4 Å². The maximum atomic E-state index is 13.9. The van der Waals surface area contributed by atoms with Crippen LogP contribution in [0.25, 0.3) is 0 Å². The lowest BCUT2D eigenvalue weighted by Crippen LogP contribution is -2.54. The molecule has 0 N–H and O–H groups in total. The smallest absolute Gasteiger partial charge is 0.325 e. The van der Waals surface area contributed by atoms with Crippen LogP contribution < -0.4 is 0 Å². The second-order valence-electron chi connectivity index (χ2n) is 9.75. The summed E-state index contributed by atoms with van der Waals surface area (Å²) in [6.45, 7) is 18.2. The minimum atomic E-state index is -0.441. The average molecular weight is 508 g/mol. The van der Waals surface area contributed by atoms with Crippen LogP contribution in [0.2, 0.25) is 0 Å². The van der Waals surface area contributed by atoms with Crippen molar-refractivity contribution in [2.24, 2.45) is 5.92 Å². The summed E-state index contributed by atoms with van der Waals surface area (Å²) in [5.74, 6) is 0.795. The Morgan fingerprint density at radius 2 is 1.89 bits per heavy atom. The molecule has 1 atom stereocenters. The lowest BCUT2D eigenvalue weighted by molar-refractivity contribution is -0.128. The number of piperidine rings is 1. The number of nitrogens with zero attached hydrogens (tertiary/aromatic N) is 3. The van der Waals surface area contributed by atoms with Crippen LogP contribution in [0.3, 0.4) is 0 Å². The van der Waals surface area contributed by atoms with E-state index in [4.69, 9.17) is 9.47 Å². The second-order valence-corrected chi connectivity index (χ2v) is 9.75. The fourth-order valence-electron chi connectivity index (χ4n) is 5.78. The minimum absolute atomic E-state index is 0.00111. The van der Waals surface area contributed by atoms with Gasteiger partial charge in [0.25, 0.3) is 5.91 Å². The topological polar surface area (TPSA) is 62.3 Å². The number of fused-ring (bicyclic) bond motifs is 2. The summed E-state index contributed by atoms with van der Waals surface area (Å²) >= 11 is 0. The van der Waals surface area contributed by atoms with E-state index in [1.807, 2.05) is 27.7 Å². The number of amides is 3. The number of hydrogen-bond acceptors (Lipinski definition) is 4. The van der Waals surface area contributed by atoms with Crippen molar-refractivity contribution in [3.8, 4) is 0 Å². The van der Waals surface area contributed by atoms with Gasteiger partial charge in [-0.25, -0.2) is 4.79 Å². The van der Waals surface area contributed by atoms with Gasteiger partial charge < -0.3 is 19.3 Å². The highest BCUT2D eigenvalue weighted by Gasteiger charge is 2.54. The third-order valence-electron chi connectivity index (χ3n) is 7.57. The first kappa shape index (κ1) is 28.3. The van der Waals surface area contributed by atoms with Gasteiger partial charge in [-0.2, -0.15) is 0 Å². The summed E-state index contributed by atoms with van der Waals surface area (Å²) in [5, 5.41) is 0. The van der Waals surface area contributed by atoms with Crippen molar-refractivity contribution in [2.45, 2.75) is 38.6 Å². The largest absolute Gasteiger partial charge is 0.497 e. The summed E-state index contributed by atoms with van der Waals surface area (Å²) in [7, 11) is 3.31. The van der Waals surface area contributed by atoms with Crippen LogP contribution in [0.5, 0.6) is 0 Å². The predicted molar refractivity (Wildman–Crippen MR) is 148 cm³/mol. The molecule has 3 aliphatic heterocycles. The number of carbonyl (C=O) groups is 2. The lowest BCUT2D eigenvalue weighted by atomic mass is 9.81. The number of urea groups is 1. The van der Waals surface area contributed by atoms with E-state index in [1.54, 1.807) is 38.5 Å². The normalized spacial score (nSPS) is 25.7. The first-order valence-corrected chi connectivity index (χ1v) is 12.9. The first-order chi connectivity index (χ1) is 17.8. The Hall–Kier alpha value is -3.32. The van der Waals surface area contributed by atoms with E-state index in [1.165, 1.54) is 0 Å². The molecule has 0 unspecified atom stereocenters. The summed E-state index contributed by atoms with van der Waals surface area (Å²) in [5.41, 5.74) is 3.29. The quantitative estimate of drug-likeness (QED) is 0.251. The number of allylic oxidation sites excluding steroid dienone is 4. The lowest BCUT2D eigenvalue weighted by Gasteiger charge is -2.44. The Balaban J connectivity index is 2.00. The van der Waals surface area contributed by atoms with Gasteiger partial charge in [-0.3, -0.25) is 9.69 Å². The van der Waals surface area contributed by atoms with Crippen LogP contribution >= 0.6 is 0 Å². The Morgan fingerprint density at radius 3 is 2.43 bits per heavy atom. The number of likely N-dealkylation sites (N-methyl/N-ethyl adjacent to an activating group) is 1. The molecule has 0 aromatic heterocycles. The number of carbonyl (C=O) groups excluding carboxylic acids is 2. The Morgan fingerprint density at radius 1 is 1.19 bits per heavy atom. The van der Waals surface area contributed by atoms with Crippen molar-refractivity contribution in [3.05, 3.63) is 84.4 Å². The van der Waals surface area contributed by atoms with Gasteiger partial charge in [0.2, 0.25) is 0 Å². The highest BCUT2D eigenvalue weighted by atomic mass is 16.5. The molecule has 3 aliphatic rings. The number of likely N-dealkylation sites (tertiary alicyclic amines) is 1. The third kappa shape index (κ3) is 5.52. The number of ether oxygens (including phenoxy) is 2. The molecule has 0 bridgehead atoms.